The first kappa shape index (κ1) is 20.4. The van der Waals surface area contributed by atoms with Crippen molar-refractivity contribution in [3.8, 4) is 6.07 Å². The Morgan fingerprint density at radius 2 is 2.10 bits per heavy atom. The Hall–Kier alpha value is -3.31. The Kier molecular flexibility index (Phi) is 6.20. The van der Waals surface area contributed by atoms with Gasteiger partial charge in [-0.15, -0.1) is 11.3 Å². The van der Waals surface area contributed by atoms with Crippen molar-refractivity contribution in [2.24, 2.45) is 0 Å². The number of aromatic nitrogens is 1. The summed E-state index contributed by atoms with van der Waals surface area (Å²) >= 11 is 1.22. The van der Waals surface area contributed by atoms with Crippen LogP contribution in [0.25, 0.3) is 6.08 Å². The number of thiazole rings is 1. The Morgan fingerprint density at radius 3 is 2.76 bits per heavy atom. The molecular formula is C21H19N3O4S. The van der Waals surface area contributed by atoms with E-state index in [1.54, 1.807) is 18.5 Å². The summed E-state index contributed by atoms with van der Waals surface area (Å²) in [6, 6.07) is 8.88. The number of Topliss-reactive ketones (excluding diaryl/α,β-unsaturated/α-hetero) is 1. The minimum Gasteiger partial charge on any atom is -0.458 e. The minimum atomic E-state index is -1.06. The fourth-order valence-corrected chi connectivity index (χ4v) is 4.00. The fraction of sp³-hybridized carbons (Fsp3) is 0.286. The summed E-state index contributed by atoms with van der Waals surface area (Å²) in [5.41, 5.74) is 2.48. The van der Waals surface area contributed by atoms with Crippen molar-refractivity contribution in [3.05, 3.63) is 57.7 Å². The van der Waals surface area contributed by atoms with Crippen LogP contribution in [0.2, 0.25) is 0 Å². The zero-order valence-corrected chi connectivity index (χ0v) is 16.8. The topological polar surface area (TPSA) is 100 Å². The molecule has 1 aliphatic heterocycles. The van der Waals surface area contributed by atoms with Crippen LogP contribution in [0.15, 0.2) is 35.8 Å². The average Bonchev–Trinajstić information content (AvgIpc) is 3.12. The molecule has 7 nitrogen and oxygen atoms in total. The van der Waals surface area contributed by atoms with E-state index < -0.39 is 30.3 Å². The highest BCUT2D eigenvalue weighted by molar-refractivity contribution is 7.09. The number of hydrogen-bond acceptors (Lipinski definition) is 7. The molecule has 0 radical (unpaired) electrons. The van der Waals surface area contributed by atoms with Crippen molar-refractivity contribution in [3.63, 3.8) is 0 Å². The zero-order chi connectivity index (χ0) is 21.0. The van der Waals surface area contributed by atoms with Gasteiger partial charge in [-0.25, -0.2) is 4.98 Å². The summed E-state index contributed by atoms with van der Waals surface area (Å²) in [7, 11) is 0. The van der Waals surface area contributed by atoms with Gasteiger partial charge in [0.05, 0.1) is 18.5 Å². The highest BCUT2D eigenvalue weighted by atomic mass is 32.1. The molecule has 29 heavy (non-hydrogen) atoms. The van der Waals surface area contributed by atoms with Gasteiger partial charge in [0, 0.05) is 24.2 Å². The summed E-state index contributed by atoms with van der Waals surface area (Å²) in [5.74, 6) is -2.41. The zero-order valence-electron chi connectivity index (χ0n) is 16.0. The minimum absolute atomic E-state index is 0.0954. The lowest BCUT2D eigenvalue weighted by atomic mass is 9.94. The van der Waals surface area contributed by atoms with Crippen molar-refractivity contribution in [2.45, 2.75) is 32.2 Å². The maximum atomic E-state index is 12.4. The number of ketones is 1. The lowest BCUT2D eigenvalue weighted by Crippen LogP contribution is -2.33. The number of amides is 1. The van der Waals surface area contributed by atoms with E-state index in [2.05, 4.69) is 4.98 Å². The van der Waals surface area contributed by atoms with E-state index in [0.29, 0.717) is 5.01 Å². The molecule has 0 spiro atoms. The number of carbonyl (C=O) groups excluding carboxylic acids is 3. The van der Waals surface area contributed by atoms with Gasteiger partial charge < -0.3 is 9.64 Å². The van der Waals surface area contributed by atoms with Crippen LogP contribution in [-0.4, -0.2) is 34.2 Å². The molecular weight excluding hydrogens is 390 g/mol. The first-order valence-electron chi connectivity index (χ1n) is 8.96. The lowest BCUT2D eigenvalue weighted by molar-refractivity contribution is -0.149. The van der Waals surface area contributed by atoms with Gasteiger partial charge in [-0.05, 0) is 24.1 Å². The van der Waals surface area contributed by atoms with E-state index in [1.165, 1.54) is 23.2 Å². The number of ether oxygens (including phenoxy) is 1. The Bertz CT molecular complexity index is 1020. The lowest BCUT2D eigenvalue weighted by Gasteiger charge is -2.32. The molecule has 3 rings (SSSR count). The van der Waals surface area contributed by atoms with Crippen LogP contribution in [0, 0.1) is 18.3 Å². The van der Waals surface area contributed by atoms with Crippen LogP contribution in [0.5, 0.6) is 0 Å². The van der Waals surface area contributed by atoms with E-state index in [0.717, 1.165) is 16.8 Å². The number of nitriles is 1. The van der Waals surface area contributed by atoms with Gasteiger partial charge in [0.2, 0.25) is 5.91 Å². The smallest absolute Gasteiger partial charge is 0.308 e. The summed E-state index contributed by atoms with van der Waals surface area (Å²) in [5, 5.41) is 11.4. The average molecular weight is 409 g/mol. The van der Waals surface area contributed by atoms with E-state index in [1.807, 2.05) is 36.4 Å². The highest BCUT2D eigenvalue weighted by Gasteiger charge is 2.30. The molecule has 1 aliphatic rings. The van der Waals surface area contributed by atoms with Gasteiger partial charge in [-0.3, -0.25) is 14.4 Å². The third kappa shape index (κ3) is 4.58. The number of nitrogens with zero attached hydrogens (tertiary/aromatic N) is 3. The molecule has 0 saturated carbocycles. The molecule has 148 valence electrons. The second kappa shape index (κ2) is 8.80. The van der Waals surface area contributed by atoms with Crippen molar-refractivity contribution in [1.29, 1.82) is 5.26 Å². The van der Waals surface area contributed by atoms with Gasteiger partial charge in [0.15, 0.2) is 18.3 Å². The number of rotatable bonds is 6. The van der Waals surface area contributed by atoms with Gasteiger partial charge in [0.1, 0.15) is 5.01 Å². The first-order valence-corrected chi connectivity index (χ1v) is 9.84. The van der Waals surface area contributed by atoms with Crippen LogP contribution in [0.3, 0.4) is 0 Å². The van der Waals surface area contributed by atoms with Crippen molar-refractivity contribution in [2.75, 3.05) is 6.61 Å². The van der Waals surface area contributed by atoms with E-state index in [-0.39, 0.29) is 12.3 Å². The molecule has 1 amide bonds. The largest absolute Gasteiger partial charge is 0.458 e. The number of aryl methyl sites for hydroxylation is 1. The Morgan fingerprint density at radius 1 is 1.34 bits per heavy atom. The molecule has 0 fully saturated rings. The molecule has 2 heterocycles. The van der Waals surface area contributed by atoms with Crippen LogP contribution >= 0.6 is 11.3 Å². The molecule has 2 aromatic rings. The molecule has 0 unspecified atom stereocenters. The number of carbonyl (C=O) groups is 3. The number of esters is 1. The molecule has 1 aromatic carbocycles. The van der Waals surface area contributed by atoms with Crippen LogP contribution < -0.4 is 0 Å². The predicted molar refractivity (Wildman–Crippen MR) is 107 cm³/mol. The van der Waals surface area contributed by atoms with Crippen molar-refractivity contribution < 1.29 is 19.1 Å². The fourth-order valence-electron chi connectivity index (χ4n) is 3.13. The number of hydrogen-bond donors (Lipinski definition) is 0. The standard InChI is InChI=1S/C21H19N3O4S/c1-13-12-29-21(23-13)17(10-22)19(26)11-28-20(27)9-18-16-6-4-3-5-15(16)7-8-24(18)14(2)25/h3-8,12,17-18H,9,11H2,1-2H3/t17-,18+/m0/s1. The third-order valence-corrected chi connectivity index (χ3v) is 5.57. The summed E-state index contributed by atoms with van der Waals surface area (Å²) in [6.07, 6.45) is 3.36. The number of benzene rings is 1. The molecule has 0 N–H and O–H groups in total. The Balaban J connectivity index is 1.66. The SMILES string of the molecule is CC(=O)N1C=Cc2ccccc2[C@H]1CC(=O)OCC(=O)[C@H](C#N)c1nc(C)cs1. The first-order chi connectivity index (χ1) is 13.9. The van der Waals surface area contributed by atoms with Gasteiger partial charge in [-0.1, -0.05) is 24.3 Å². The van der Waals surface area contributed by atoms with Gasteiger partial charge in [0.25, 0.3) is 0 Å². The van der Waals surface area contributed by atoms with Crippen molar-refractivity contribution >= 4 is 35.1 Å². The number of fused-ring (bicyclic) bond motifs is 1. The monoisotopic (exact) mass is 409 g/mol. The summed E-state index contributed by atoms with van der Waals surface area (Å²) < 4.78 is 5.14. The second-order valence-corrected chi connectivity index (χ2v) is 7.50. The van der Waals surface area contributed by atoms with Crippen LogP contribution in [-0.2, 0) is 19.1 Å². The van der Waals surface area contributed by atoms with Crippen LogP contribution in [0.1, 0.15) is 47.1 Å². The molecule has 8 heteroatoms. The molecule has 2 atom stereocenters. The quantitative estimate of drug-likeness (QED) is 0.680. The maximum Gasteiger partial charge on any atom is 0.308 e. The normalized spacial score (nSPS) is 15.9. The molecule has 0 saturated heterocycles. The van der Waals surface area contributed by atoms with E-state index >= 15 is 0 Å². The molecule has 0 bridgehead atoms. The van der Waals surface area contributed by atoms with E-state index in [9.17, 15) is 19.6 Å². The maximum absolute atomic E-state index is 12.4. The van der Waals surface area contributed by atoms with Crippen molar-refractivity contribution in [1.82, 2.24) is 9.88 Å². The van der Waals surface area contributed by atoms with E-state index in [4.69, 9.17) is 4.74 Å². The summed E-state index contributed by atoms with van der Waals surface area (Å²) in [6.45, 7) is 2.68. The second-order valence-electron chi connectivity index (χ2n) is 6.61. The Labute approximate surface area is 172 Å². The third-order valence-electron chi connectivity index (χ3n) is 4.54. The molecule has 0 aliphatic carbocycles. The predicted octanol–water partition coefficient (Wildman–Crippen LogP) is 3.14. The highest BCUT2D eigenvalue weighted by Crippen LogP contribution is 2.33. The molecule has 1 aromatic heterocycles. The van der Waals surface area contributed by atoms with Crippen LogP contribution in [0.4, 0.5) is 0 Å². The summed E-state index contributed by atoms with van der Waals surface area (Å²) in [4.78, 5) is 42.4. The van der Waals surface area contributed by atoms with Gasteiger partial charge >= 0.3 is 5.97 Å². The van der Waals surface area contributed by atoms with Gasteiger partial charge in [-0.2, -0.15) is 5.26 Å².